The summed E-state index contributed by atoms with van der Waals surface area (Å²) >= 11 is 5.92. The van der Waals surface area contributed by atoms with Crippen LogP contribution in [0.5, 0.6) is 5.75 Å². The van der Waals surface area contributed by atoms with Gasteiger partial charge in [-0.2, -0.15) is 0 Å². The van der Waals surface area contributed by atoms with Gasteiger partial charge in [0.2, 0.25) is 0 Å². The molecule has 0 radical (unpaired) electrons. The van der Waals surface area contributed by atoms with Crippen molar-refractivity contribution in [3.8, 4) is 5.75 Å². The van der Waals surface area contributed by atoms with Crippen LogP contribution in [0, 0.1) is 5.92 Å². The molecule has 1 fully saturated rings. The fourth-order valence-electron chi connectivity index (χ4n) is 4.19. The molecule has 5 nitrogen and oxygen atoms in total. The van der Waals surface area contributed by atoms with Crippen molar-refractivity contribution < 1.29 is 14.3 Å². The Morgan fingerprint density at radius 1 is 1.13 bits per heavy atom. The number of hydrogen-bond donors (Lipinski definition) is 1. The SMILES string of the molecule is COc1ccc(CN(C)C(=S)[C@@](C)(CC2CCCCC2)NC(=O)OC(C)(C)C)cc1. The van der Waals surface area contributed by atoms with Gasteiger partial charge in [0, 0.05) is 13.6 Å². The Labute approximate surface area is 187 Å². The van der Waals surface area contributed by atoms with Crippen LogP contribution in [0.2, 0.25) is 0 Å². The minimum Gasteiger partial charge on any atom is -0.497 e. The van der Waals surface area contributed by atoms with E-state index in [0.29, 0.717) is 12.5 Å². The summed E-state index contributed by atoms with van der Waals surface area (Å²) in [6, 6.07) is 7.98. The molecule has 1 saturated carbocycles. The Kier molecular flexibility index (Phi) is 8.53. The molecule has 1 aliphatic carbocycles. The molecule has 1 aliphatic rings. The van der Waals surface area contributed by atoms with Crippen molar-refractivity contribution in [3.63, 3.8) is 0 Å². The van der Waals surface area contributed by atoms with Gasteiger partial charge in [-0.15, -0.1) is 0 Å². The Morgan fingerprint density at radius 3 is 2.27 bits per heavy atom. The maximum absolute atomic E-state index is 12.6. The molecule has 1 atom stereocenters. The molecule has 0 heterocycles. The predicted octanol–water partition coefficient (Wildman–Crippen LogP) is 5.71. The molecule has 0 spiro atoms. The number of thiocarbonyl (C=S) groups is 1. The first kappa shape index (κ1) is 24.4. The molecule has 0 aliphatic heterocycles. The molecule has 6 heteroatoms. The largest absolute Gasteiger partial charge is 0.497 e. The van der Waals surface area contributed by atoms with E-state index >= 15 is 0 Å². The number of hydrogen-bond acceptors (Lipinski definition) is 4. The van der Waals surface area contributed by atoms with Crippen molar-refractivity contribution in [1.82, 2.24) is 10.2 Å². The lowest BCUT2D eigenvalue weighted by molar-refractivity contribution is 0.0475. The molecule has 1 aromatic rings. The van der Waals surface area contributed by atoms with Crippen LogP contribution in [0.4, 0.5) is 4.79 Å². The third-order valence-electron chi connectivity index (χ3n) is 5.60. The van der Waals surface area contributed by atoms with Crippen LogP contribution in [-0.4, -0.2) is 41.3 Å². The maximum Gasteiger partial charge on any atom is 0.408 e. The third-order valence-corrected chi connectivity index (χ3v) is 6.36. The second-order valence-corrected chi connectivity index (χ2v) is 10.1. The van der Waals surface area contributed by atoms with Crippen LogP contribution in [0.15, 0.2) is 24.3 Å². The Hall–Kier alpha value is -1.82. The highest BCUT2D eigenvalue weighted by Gasteiger charge is 2.37. The van der Waals surface area contributed by atoms with Crippen LogP contribution >= 0.6 is 12.2 Å². The standard InChI is InChI=1S/C24H38N2O3S/c1-23(2,3)29-22(27)25-24(4,16-18-10-8-7-9-11-18)21(30)26(5)17-19-12-14-20(28-6)15-13-19/h12-15,18H,7-11,16-17H2,1-6H3,(H,25,27)/t24-/m1/s1. The van der Waals surface area contributed by atoms with E-state index in [9.17, 15) is 4.79 Å². The lowest BCUT2D eigenvalue weighted by atomic mass is 9.79. The van der Waals surface area contributed by atoms with Crippen LogP contribution in [0.3, 0.4) is 0 Å². The highest BCUT2D eigenvalue weighted by atomic mass is 32.1. The number of ether oxygens (including phenoxy) is 2. The van der Waals surface area contributed by atoms with Gasteiger partial charge in [-0.05, 0) is 57.7 Å². The number of rotatable bonds is 7. The number of amides is 1. The zero-order chi connectivity index (χ0) is 22.4. The topological polar surface area (TPSA) is 50.8 Å². The molecule has 0 saturated heterocycles. The lowest BCUT2D eigenvalue weighted by Crippen LogP contribution is -2.57. The summed E-state index contributed by atoms with van der Waals surface area (Å²) in [7, 11) is 3.65. The summed E-state index contributed by atoms with van der Waals surface area (Å²) in [6.07, 6.45) is 6.60. The molecular weight excluding hydrogens is 396 g/mol. The zero-order valence-corrected chi connectivity index (χ0v) is 20.2. The van der Waals surface area contributed by atoms with E-state index in [1.165, 1.54) is 32.1 Å². The number of methoxy groups -OCH3 is 1. The van der Waals surface area contributed by atoms with Gasteiger partial charge in [0.15, 0.2) is 0 Å². The summed E-state index contributed by atoms with van der Waals surface area (Å²) in [5, 5.41) is 3.12. The minimum atomic E-state index is -0.638. The van der Waals surface area contributed by atoms with Crippen molar-refractivity contribution in [2.45, 2.75) is 83.9 Å². The van der Waals surface area contributed by atoms with E-state index in [0.717, 1.165) is 22.7 Å². The molecular formula is C24H38N2O3S. The summed E-state index contributed by atoms with van der Waals surface area (Å²) in [5.41, 5.74) is -0.0502. The van der Waals surface area contributed by atoms with E-state index in [-0.39, 0.29) is 0 Å². The molecule has 2 rings (SSSR count). The number of carbonyl (C=O) groups excluding carboxylic acids is 1. The fraction of sp³-hybridized carbons (Fsp3) is 0.667. The number of nitrogens with zero attached hydrogens (tertiary/aromatic N) is 1. The van der Waals surface area contributed by atoms with Crippen LogP contribution in [-0.2, 0) is 11.3 Å². The average molecular weight is 435 g/mol. The van der Waals surface area contributed by atoms with Crippen molar-refractivity contribution in [3.05, 3.63) is 29.8 Å². The van der Waals surface area contributed by atoms with E-state index in [1.54, 1.807) is 7.11 Å². The van der Waals surface area contributed by atoms with Gasteiger partial charge in [-0.3, -0.25) is 0 Å². The molecule has 168 valence electrons. The van der Waals surface area contributed by atoms with Crippen LogP contribution < -0.4 is 10.1 Å². The normalized spacial score (nSPS) is 17.0. The summed E-state index contributed by atoms with van der Waals surface area (Å²) < 4.78 is 10.8. The van der Waals surface area contributed by atoms with Crippen molar-refractivity contribution >= 4 is 23.3 Å². The number of benzene rings is 1. The van der Waals surface area contributed by atoms with Crippen molar-refractivity contribution in [1.29, 1.82) is 0 Å². The van der Waals surface area contributed by atoms with E-state index in [1.807, 2.05) is 59.0 Å². The predicted molar refractivity (Wildman–Crippen MR) is 126 cm³/mol. The maximum atomic E-state index is 12.6. The van der Waals surface area contributed by atoms with Crippen molar-refractivity contribution in [2.75, 3.05) is 14.2 Å². The van der Waals surface area contributed by atoms with Gasteiger partial charge in [0.05, 0.1) is 12.6 Å². The first-order valence-electron chi connectivity index (χ1n) is 10.9. The second-order valence-electron chi connectivity index (χ2n) is 9.68. The molecule has 1 amide bonds. The number of likely N-dealkylation sites (N-methyl/N-ethyl adjacent to an activating group) is 1. The average Bonchev–Trinajstić information content (AvgIpc) is 2.67. The first-order valence-corrected chi connectivity index (χ1v) is 11.3. The van der Waals surface area contributed by atoms with Gasteiger partial charge in [-0.25, -0.2) is 4.79 Å². The molecule has 0 unspecified atom stereocenters. The molecule has 0 aromatic heterocycles. The number of carbonyl (C=O) groups is 1. The monoisotopic (exact) mass is 434 g/mol. The van der Waals surface area contributed by atoms with Gasteiger partial charge in [-0.1, -0.05) is 56.5 Å². The summed E-state index contributed by atoms with van der Waals surface area (Å²) in [4.78, 5) is 15.4. The highest BCUT2D eigenvalue weighted by molar-refractivity contribution is 7.80. The molecule has 30 heavy (non-hydrogen) atoms. The lowest BCUT2D eigenvalue weighted by Gasteiger charge is -2.39. The molecule has 0 bridgehead atoms. The van der Waals surface area contributed by atoms with E-state index in [4.69, 9.17) is 21.7 Å². The van der Waals surface area contributed by atoms with Gasteiger partial charge >= 0.3 is 6.09 Å². The Balaban J connectivity index is 2.15. The Morgan fingerprint density at radius 2 is 1.73 bits per heavy atom. The van der Waals surface area contributed by atoms with Crippen LogP contribution in [0.1, 0.15) is 71.8 Å². The Bertz CT molecular complexity index is 708. The summed E-state index contributed by atoms with van der Waals surface area (Å²) in [6.45, 7) is 8.33. The quantitative estimate of drug-likeness (QED) is 0.557. The minimum absolute atomic E-state index is 0.416. The van der Waals surface area contributed by atoms with Crippen molar-refractivity contribution in [2.24, 2.45) is 5.92 Å². The number of alkyl carbamates (subject to hydrolysis) is 1. The zero-order valence-electron chi connectivity index (χ0n) is 19.4. The highest BCUT2D eigenvalue weighted by Crippen LogP contribution is 2.32. The van der Waals surface area contributed by atoms with Crippen LogP contribution in [0.25, 0.3) is 0 Å². The van der Waals surface area contributed by atoms with Gasteiger partial charge < -0.3 is 19.7 Å². The second kappa shape index (κ2) is 10.5. The molecule has 1 aromatic carbocycles. The smallest absolute Gasteiger partial charge is 0.408 e. The number of nitrogens with one attached hydrogen (secondary N) is 1. The summed E-state index contributed by atoms with van der Waals surface area (Å²) in [5.74, 6) is 1.39. The van der Waals surface area contributed by atoms with Gasteiger partial charge in [0.1, 0.15) is 16.3 Å². The van der Waals surface area contributed by atoms with E-state index in [2.05, 4.69) is 10.2 Å². The first-order chi connectivity index (χ1) is 14.0. The fourth-order valence-corrected chi connectivity index (χ4v) is 4.39. The van der Waals surface area contributed by atoms with Gasteiger partial charge in [0.25, 0.3) is 0 Å². The molecule has 1 N–H and O–H groups in total. The van der Waals surface area contributed by atoms with E-state index < -0.39 is 17.2 Å². The third kappa shape index (κ3) is 7.46.